The lowest BCUT2D eigenvalue weighted by molar-refractivity contribution is 0.0946. The van der Waals surface area contributed by atoms with E-state index < -0.39 is 0 Å². The number of hydrogen-bond acceptors (Lipinski definition) is 6. The highest BCUT2D eigenvalue weighted by atomic mass is 35.5. The molecule has 0 atom stereocenters. The van der Waals surface area contributed by atoms with Crippen LogP contribution in [0.5, 0.6) is 11.6 Å². The molecule has 0 unspecified atom stereocenters. The van der Waals surface area contributed by atoms with Crippen LogP contribution >= 0.6 is 23.2 Å². The Labute approximate surface area is 187 Å². The number of nitrogens with one attached hydrogen (secondary N) is 1. The van der Waals surface area contributed by atoms with Crippen molar-refractivity contribution in [2.45, 2.75) is 0 Å². The minimum absolute atomic E-state index is 0.228. The zero-order valence-electron chi connectivity index (χ0n) is 16.4. The average Bonchev–Trinajstić information content (AvgIpc) is 3.21. The van der Waals surface area contributed by atoms with Crippen molar-refractivity contribution in [2.24, 2.45) is 0 Å². The van der Waals surface area contributed by atoms with Crippen LogP contribution in [0.4, 0.5) is 0 Å². The Hall–Kier alpha value is -3.36. The number of halogens is 2. The van der Waals surface area contributed by atoms with E-state index in [4.69, 9.17) is 32.7 Å². The Kier molecular flexibility index (Phi) is 6.20. The van der Waals surface area contributed by atoms with Gasteiger partial charge in [-0.25, -0.2) is 0 Å². The molecule has 4 aromatic rings. The van der Waals surface area contributed by atoms with Gasteiger partial charge in [0, 0.05) is 17.2 Å². The van der Waals surface area contributed by atoms with Crippen molar-refractivity contribution in [3.8, 4) is 23.0 Å². The number of carbonyl (C=O) groups is 1. The third-order valence-corrected chi connectivity index (χ3v) is 5.14. The van der Waals surface area contributed by atoms with Gasteiger partial charge in [-0.05, 0) is 48.5 Å². The van der Waals surface area contributed by atoms with Crippen molar-refractivity contribution in [1.82, 2.24) is 25.1 Å². The normalized spacial score (nSPS) is 10.8. The van der Waals surface area contributed by atoms with E-state index >= 15 is 0 Å². The largest absolute Gasteiger partial charge is 0.497 e. The van der Waals surface area contributed by atoms with E-state index in [1.165, 1.54) is 6.07 Å². The third-order valence-electron chi connectivity index (χ3n) is 4.41. The molecule has 4 rings (SSSR count). The fraction of sp³-hybridized carbons (Fsp3) is 0.143. The minimum Gasteiger partial charge on any atom is -0.497 e. The zero-order chi connectivity index (χ0) is 21.8. The van der Waals surface area contributed by atoms with E-state index in [1.807, 2.05) is 24.3 Å². The molecule has 10 heteroatoms. The van der Waals surface area contributed by atoms with Crippen molar-refractivity contribution in [3.63, 3.8) is 0 Å². The van der Waals surface area contributed by atoms with Crippen LogP contribution in [0.1, 0.15) is 10.4 Å². The van der Waals surface area contributed by atoms with E-state index in [0.29, 0.717) is 33.0 Å². The molecule has 2 aromatic carbocycles. The molecule has 0 saturated carbocycles. The Morgan fingerprint density at radius 2 is 1.84 bits per heavy atom. The lowest BCUT2D eigenvalue weighted by atomic mass is 10.2. The second-order valence-corrected chi connectivity index (χ2v) is 7.24. The Balaban J connectivity index is 1.39. The summed E-state index contributed by atoms with van der Waals surface area (Å²) in [5, 5.41) is 16.3. The summed E-state index contributed by atoms with van der Waals surface area (Å²) in [5.41, 5.74) is 1.85. The van der Waals surface area contributed by atoms with E-state index in [2.05, 4.69) is 20.6 Å². The maximum atomic E-state index is 12.2. The summed E-state index contributed by atoms with van der Waals surface area (Å²) >= 11 is 11.8. The molecule has 1 amide bonds. The summed E-state index contributed by atoms with van der Waals surface area (Å²) in [6, 6.07) is 15.6. The quantitative estimate of drug-likeness (QED) is 0.423. The predicted molar refractivity (Wildman–Crippen MR) is 117 cm³/mol. The molecule has 158 valence electrons. The molecule has 0 radical (unpaired) electrons. The van der Waals surface area contributed by atoms with Gasteiger partial charge in [-0.3, -0.25) is 4.79 Å². The maximum absolute atomic E-state index is 12.2. The van der Waals surface area contributed by atoms with Crippen molar-refractivity contribution in [3.05, 3.63) is 70.2 Å². The lowest BCUT2D eigenvalue weighted by Crippen LogP contribution is -2.28. The molecule has 0 aliphatic rings. The van der Waals surface area contributed by atoms with E-state index in [0.717, 1.165) is 11.3 Å². The van der Waals surface area contributed by atoms with Crippen LogP contribution in [-0.2, 0) is 0 Å². The van der Waals surface area contributed by atoms with Gasteiger partial charge < -0.3 is 14.8 Å². The fourth-order valence-electron chi connectivity index (χ4n) is 2.83. The fourth-order valence-corrected chi connectivity index (χ4v) is 3.13. The Bertz CT molecular complexity index is 1230. The van der Waals surface area contributed by atoms with Crippen LogP contribution in [0.3, 0.4) is 0 Å². The minimum atomic E-state index is -0.272. The lowest BCUT2D eigenvalue weighted by Gasteiger charge is -2.08. The summed E-state index contributed by atoms with van der Waals surface area (Å²) in [5.74, 6) is 1.44. The highest BCUT2D eigenvalue weighted by molar-refractivity contribution is 6.42. The monoisotopic (exact) mass is 457 g/mol. The van der Waals surface area contributed by atoms with Crippen LogP contribution in [0.25, 0.3) is 17.0 Å². The number of fused-ring (bicyclic) bond motifs is 1. The molecule has 2 aromatic heterocycles. The number of amides is 1. The molecule has 0 bridgehead atoms. The number of hydrogen-bond donors (Lipinski definition) is 1. The number of methoxy groups -OCH3 is 1. The van der Waals surface area contributed by atoms with Gasteiger partial charge in [0.05, 0.1) is 23.7 Å². The van der Waals surface area contributed by atoms with E-state index in [-0.39, 0.29) is 19.1 Å². The maximum Gasteiger partial charge on any atom is 0.251 e. The van der Waals surface area contributed by atoms with Crippen LogP contribution in [0.15, 0.2) is 54.6 Å². The second-order valence-electron chi connectivity index (χ2n) is 6.43. The van der Waals surface area contributed by atoms with Crippen LogP contribution in [0, 0.1) is 0 Å². The Morgan fingerprint density at radius 1 is 1.03 bits per heavy atom. The van der Waals surface area contributed by atoms with Crippen LogP contribution in [-0.4, -0.2) is 46.0 Å². The predicted octanol–water partition coefficient (Wildman–Crippen LogP) is 3.92. The van der Waals surface area contributed by atoms with Crippen molar-refractivity contribution in [2.75, 3.05) is 20.3 Å². The summed E-state index contributed by atoms with van der Waals surface area (Å²) < 4.78 is 12.5. The third kappa shape index (κ3) is 4.70. The molecule has 8 nitrogen and oxygen atoms in total. The molecule has 0 fully saturated rings. The Morgan fingerprint density at radius 3 is 2.58 bits per heavy atom. The van der Waals surface area contributed by atoms with E-state index in [9.17, 15) is 4.79 Å². The first-order chi connectivity index (χ1) is 15.0. The topological polar surface area (TPSA) is 90.6 Å². The molecule has 0 aliphatic heterocycles. The first-order valence-electron chi connectivity index (χ1n) is 9.28. The molecule has 0 saturated heterocycles. The molecular formula is C21H17Cl2N5O3. The number of benzene rings is 2. The molecule has 2 heterocycles. The van der Waals surface area contributed by atoms with Crippen molar-refractivity contribution in [1.29, 1.82) is 0 Å². The van der Waals surface area contributed by atoms with Crippen LogP contribution in [0.2, 0.25) is 10.0 Å². The van der Waals surface area contributed by atoms with Gasteiger partial charge in [-0.15, -0.1) is 15.3 Å². The molecule has 1 N–H and O–H groups in total. The van der Waals surface area contributed by atoms with E-state index in [1.54, 1.807) is 35.9 Å². The van der Waals surface area contributed by atoms with Gasteiger partial charge in [0.25, 0.3) is 5.91 Å². The number of nitrogens with zero attached hydrogens (tertiary/aromatic N) is 4. The van der Waals surface area contributed by atoms with Gasteiger partial charge in [0.1, 0.15) is 12.4 Å². The SMILES string of the molecule is COc1ccc(-c2nnc3ccc(OCCNC(=O)c4ccc(Cl)c(Cl)c4)nn23)cc1. The van der Waals surface area contributed by atoms with Crippen molar-refractivity contribution >= 4 is 34.8 Å². The molecular weight excluding hydrogens is 441 g/mol. The first-order valence-corrected chi connectivity index (χ1v) is 10.0. The van der Waals surface area contributed by atoms with Gasteiger partial charge in [0.15, 0.2) is 11.5 Å². The molecule has 0 aliphatic carbocycles. The highest BCUT2D eigenvalue weighted by Crippen LogP contribution is 2.23. The zero-order valence-corrected chi connectivity index (χ0v) is 17.9. The number of aromatic nitrogens is 4. The summed E-state index contributed by atoms with van der Waals surface area (Å²) in [6.45, 7) is 0.512. The highest BCUT2D eigenvalue weighted by Gasteiger charge is 2.11. The summed E-state index contributed by atoms with van der Waals surface area (Å²) in [7, 11) is 1.61. The number of ether oxygens (including phenoxy) is 2. The molecule has 0 spiro atoms. The van der Waals surface area contributed by atoms with Gasteiger partial charge in [0.2, 0.25) is 5.88 Å². The smallest absolute Gasteiger partial charge is 0.251 e. The molecule has 31 heavy (non-hydrogen) atoms. The summed E-state index contributed by atoms with van der Waals surface area (Å²) in [4.78, 5) is 12.2. The standard InChI is InChI=1S/C21H17Cl2N5O3/c1-30-15-5-2-13(3-6-15)20-26-25-18-8-9-19(27-28(18)20)31-11-10-24-21(29)14-4-7-16(22)17(23)12-14/h2-9,12H,10-11H2,1H3,(H,24,29). The van der Waals surface area contributed by atoms with Gasteiger partial charge >= 0.3 is 0 Å². The average molecular weight is 458 g/mol. The van der Waals surface area contributed by atoms with Crippen LogP contribution < -0.4 is 14.8 Å². The number of carbonyl (C=O) groups excluding carboxylic acids is 1. The van der Waals surface area contributed by atoms with Gasteiger partial charge in [-0.1, -0.05) is 23.2 Å². The summed E-state index contributed by atoms with van der Waals surface area (Å²) in [6.07, 6.45) is 0. The second kappa shape index (κ2) is 9.20. The van der Waals surface area contributed by atoms with Crippen molar-refractivity contribution < 1.29 is 14.3 Å². The number of rotatable bonds is 7. The van der Waals surface area contributed by atoms with Gasteiger partial charge in [-0.2, -0.15) is 4.52 Å². The first kappa shape index (κ1) is 20.9.